The van der Waals surface area contributed by atoms with Crippen molar-refractivity contribution in [3.8, 4) is 5.75 Å². The van der Waals surface area contributed by atoms with Gasteiger partial charge in [0, 0.05) is 10.2 Å². The molecule has 2 rings (SSSR count). The zero-order valence-electron chi connectivity index (χ0n) is 11.9. The van der Waals surface area contributed by atoms with Gasteiger partial charge in [-0.15, -0.1) is 0 Å². The fourth-order valence-electron chi connectivity index (χ4n) is 1.86. The Morgan fingerprint density at radius 3 is 2.67 bits per heavy atom. The third-order valence-electron chi connectivity index (χ3n) is 2.85. The summed E-state index contributed by atoms with van der Waals surface area (Å²) in [5.41, 5.74) is 2.44. The zero-order chi connectivity index (χ0) is 15.2. The largest absolute Gasteiger partial charge is 0.492 e. The van der Waals surface area contributed by atoms with Gasteiger partial charge in [-0.3, -0.25) is 0 Å². The van der Waals surface area contributed by atoms with E-state index in [4.69, 9.17) is 4.74 Å². The number of hydrogen-bond acceptors (Lipinski definition) is 2. The van der Waals surface area contributed by atoms with Gasteiger partial charge in [0.2, 0.25) is 0 Å². The molecule has 2 amide bonds. The molecule has 110 valence electrons. The first-order valence-corrected chi connectivity index (χ1v) is 7.45. The van der Waals surface area contributed by atoms with Gasteiger partial charge in [0.1, 0.15) is 5.75 Å². The van der Waals surface area contributed by atoms with E-state index in [1.165, 1.54) is 0 Å². The van der Waals surface area contributed by atoms with Crippen LogP contribution >= 0.6 is 15.9 Å². The molecule has 0 aliphatic heterocycles. The van der Waals surface area contributed by atoms with Crippen LogP contribution in [0.4, 0.5) is 16.2 Å². The van der Waals surface area contributed by atoms with E-state index in [9.17, 15) is 4.79 Å². The maximum absolute atomic E-state index is 12.0. The van der Waals surface area contributed by atoms with Gasteiger partial charge in [0.25, 0.3) is 0 Å². The van der Waals surface area contributed by atoms with Crippen LogP contribution in [0.2, 0.25) is 0 Å². The van der Waals surface area contributed by atoms with Crippen LogP contribution in [0.15, 0.2) is 46.9 Å². The monoisotopic (exact) mass is 348 g/mol. The van der Waals surface area contributed by atoms with E-state index in [1.54, 1.807) is 6.07 Å². The third kappa shape index (κ3) is 4.23. The number of para-hydroxylation sites is 2. The number of benzene rings is 2. The molecule has 0 heterocycles. The minimum absolute atomic E-state index is 0.302. The standard InChI is InChI=1S/C16H17BrN2O2/c1-3-21-15-7-5-4-6-14(15)19-16(20)18-12-8-9-13(17)11(2)10-12/h4-10H,3H2,1-2H3,(H2,18,19,20). The number of aryl methyl sites for hydroxylation is 1. The fourth-order valence-corrected chi connectivity index (χ4v) is 2.11. The lowest BCUT2D eigenvalue weighted by atomic mass is 10.2. The normalized spacial score (nSPS) is 10.0. The minimum atomic E-state index is -0.302. The highest BCUT2D eigenvalue weighted by Gasteiger charge is 2.07. The van der Waals surface area contributed by atoms with Crippen LogP contribution in [0, 0.1) is 6.92 Å². The molecular weight excluding hydrogens is 332 g/mol. The molecule has 0 radical (unpaired) electrons. The number of nitrogens with one attached hydrogen (secondary N) is 2. The number of anilines is 2. The fraction of sp³-hybridized carbons (Fsp3) is 0.188. The van der Waals surface area contributed by atoms with Gasteiger partial charge in [-0.2, -0.15) is 0 Å². The number of urea groups is 1. The summed E-state index contributed by atoms with van der Waals surface area (Å²) in [5.74, 6) is 0.655. The Morgan fingerprint density at radius 2 is 1.95 bits per heavy atom. The molecule has 2 aromatic rings. The van der Waals surface area contributed by atoms with Gasteiger partial charge in [-0.25, -0.2) is 4.79 Å². The van der Waals surface area contributed by atoms with Crippen molar-refractivity contribution in [3.63, 3.8) is 0 Å². The van der Waals surface area contributed by atoms with Crippen LogP contribution in [0.3, 0.4) is 0 Å². The summed E-state index contributed by atoms with van der Waals surface area (Å²) in [6, 6.07) is 12.7. The topological polar surface area (TPSA) is 50.4 Å². The highest BCUT2D eigenvalue weighted by molar-refractivity contribution is 9.10. The average molecular weight is 349 g/mol. The molecule has 0 aliphatic rings. The maximum Gasteiger partial charge on any atom is 0.323 e. The Morgan fingerprint density at radius 1 is 1.19 bits per heavy atom. The smallest absolute Gasteiger partial charge is 0.323 e. The number of ether oxygens (including phenoxy) is 1. The molecule has 2 aromatic carbocycles. The summed E-state index contributed by atoms with van der Waals surface area (Å²) < 4.78 is 6.48. The van der Waals surface area contributed by atoms with Crippen molar-refractivity contribution in [2.24, 2.45) is 0 Å². The molecule has 21 heavy (non-hydrogen) atoms. The lowest BCUT2D eigenvalue weighted by molar-refractivity contribution is 0.262. The summed E-state index contributed by atoms with van der Waals surface area (Å²) in [5, 5.41) is 5.59. The molecule has 0 unspecified atom stereocenters. The summed E-state index contributed by atoms with van der Waals surface area (Å²) in [4.78, 5) is 12.0. The minimum Gasteiger partial charge on any atom is -0.492 e. The van der Waals surface area contributed by atoms with Gasteiger partial charge >= 0.3 is 6.03 Å². The van der Waals surface area contributed by atoms with E-state index < -0.39 is 0 Å². The number of halogens is 1. The highest BCUT2D eigenvalue weighted by atomic mass is 79.9. The van der Waals surface area contributed by atoms with Crippen molar-refractivity contribution < 1.29 is 9.53 Å². The number of rotatable bonds is 4. The van der Waals surface area contributed by atoms with Crippen LogP contribution in [0.5, 0.6) is 5.75 Å². The number of amides is 2. The summed E-state index contributed by atoms with van der Waals surface area (Å²) in [7, 11) is 0. The van der Waals surface area contributed by atoms with Gasteiger partial charge in [0.15, 0.2) is 0 Å². The highest BCUT2D eigenvalue weighted by Crippen LogP contribution is 2.24. The Hall–Kier alpha value is -2.01. The van der Waals surface area contributed by atoms with E-state index in [0.717, 1.165) is 15.7 Å². The lowest BCUT2D eigenvalue weighted by Gasteiger charge is -2.12. The van der Waals surface area contributed by atoms with Crippen molar-refractivity contribution >= 4 is 33.3 Å². The molecule has 0 saturated carbocycles. The van der Waals surface area contributed by atoms with Gasteiger partial charge in [-0.05, 0) is 49.7 Å². The predicted molar refractivity (Wildman–Crippen MR) is 89.1 cm³/mol. The number of carbonyl (C=O) groups is 1. The van der Waals surface area contributed by atoms with Crippen molar-refractivity contribution in [1.82, 2.24) is 0 Å². The third-order valence-corrected chi connectivity index (χ3v) is 3.74. The molecular formula is C16H17BrN2O2. The maximum atomic E-state index is 12.0. The first-order valence-electron chi connectivity index (χ1n) is 6.66. The molecule has 0 bridgehead atoms. The van der Waals surface area contributed by atoms with E-state index in [1.807, 2.05) is 50.2 Å². The Labute approximate surface area is 132 Å². The van der Waals surface area contributed by atoms with Crippen LogP contribution in [0.1, 0.15) is 12.5 Å². The summed E-state index contributed by atoms with van der Waals surface area (Å²) in [6.07, 6.45) is 0. The Bertz CT molecular complexity index is 644. The Kier molecular flexibility index (Phi) is 5.22. The van der Waals surface area contributed by atoms with Crippen LogP contribution in [-0.4, -0.2) is 12.6 Å². The molecule has 5 heteroatoms. The van der Waals surface area contributed by atoms with Crippen LogP contribution in [0.25, 0.3) is 0 Å². The van der Waals surface area contributed by atoms with Crippen molar-refractivity contribution in [2.45, 2.75) is 13.8 Å². The molecule has 0 aliphatic carbocycles. The first-order chi connectivity index (χ1) is 10.1. The Balaban J connectivity index is 2.06. The second-order valence-electron chi connectivity index (χ2n) is 4.47. The van der Waals surface area contributed by atoms with E-state index >= 15 is 0 Å². The number of hydrogen-bond donors (Lipinski definition) is 2. The lowest BCUT2D eigenvalue weighted by Crippen LogP contribution is -2.20. The molecule has 0 fully saturated rings. The molecule has 0 aromatic heterocycles. The zero-order valence-corrected chi connectivity index (χ0v) is 13.5. The molecule has 2 N–H and O–H groups in total. The van der Waals surface area contributed by atoms with Crippen LogP contribution in [-0.2, 0) is 0 Å². The molecule has 4 nitrogen and oxygen atoms in total. The van der Waals surface area contributed by atoms with Gasteiger partial charge in [-0.1, -0.05) is 28.1 Å². The van der Waals surface area contributed by atoms with Gasteiger partial charge in [0.05, 0.1) is 12.3 Å². The van der Waals surface area contributed by atoms with Crippen LogP contribution < -0.4 is 15.4 Å². The molecule has 0 saturated heterocycles. The van der Waals surface area contributed by atoms with E-state index in [2.05, 4.69) is 26.6 Å². The number of carbonyl (C=O) groups excluding carboxylic acids is 1. The van der Waals surface area contributed by atoms with E-state index in [-0.39, 0.29) is 6.03 Å². The van der Waals surface area contributed by atoms with E-state index in [0.29, 0.717) is 18.0 Å². The summed E-state index contributed by atoms with van der Waals surface area (Å²) in [6.45, 7) is 4.42. The average Bonchev–Trinajstić information content (AvgIpc) is 2.45. The van der Waals surface area contributed by atoms with Crippen molar-refractivity contribution in [1.29, 1.82) is 0 Å². The van der Waals surface area contributed by atoms with Crippen molar-refractivity contribution in [3.05, 3.63) is 52.5 Å². The predicted octanol–water partition coefficient (Wildman–Crippen LogP) is 4.80. The van der Waals surface area contributed by atoms with Gasteiger partial charge < -0.3 is 15.4 Å². The molecule has 0 atom stereocenters. The quantitative estimate of drug-likeness (QED) is 0.833. The summed E-state index contributed by atoms with van der Waals surface area (Å²) >= 11 is 3.43. The second kappa shape index (κ2) is 7.13. The first kappa shape index (κ1) is 15.4. The SMILES string of the molecule is CCOc1ccccc1NC(=O)Nc1ccc(Br)c(C)c1. The second-order valence-corrected chi connectivity index (χ2v) is 5.33. The van der Waals surface area contributed by atoms with Crippen molar-refractivity contribution in [2.75, 3.05) is 17.2 Å². The molecule has 0 spiro atoms.